The number of nitrogens with one attached hydrogen (secondary N) is 1. The molecule has 2 heterocycles. The molecule has 3 N–H and O–H groups in total. The van der Waals surface area contributed by atoms with Crippen LogP contribution in [0.5, 0.6) is 5.75 Å². The number of likely N-dealkylation sites (N-methyl/N-ethyl adjacent to an activating group) is 2. The number of hydrogen-bond acceptors (Lipinski definition) is 5. The van der Waals surface area contributed by atoms with Gasteiger partial charge in [0, 0.05) is 37.3 Å². The fourth-order valence-corrected chi connectivity index (χ4v) is 4.40. The van der Waals surface area contributed by atoms with Crippen LogP contribution in [0.1, 0.15) is 37.0 Å². The molecule has 2 fully saturated rings. The molecule has 2 unspecified atom stereocenters. The second kappa shape index (κ2) is 11.3. The van der Waals surface area contributed by atoms with E-state index < -0.39 is 0 Å². The van der Waals surface area contributed by atoms with Crippen molar-refractivity contribution in [3.8, 4) is 17.6 Å². The minimum Gasteiger partial charge on any atom is -0.477 e. The highest BCUT2D eigenvalue weighted by atomic mass is 35.5. The van der Waals surface area contributed by atoms with E-state index in [4.69, 9.17) is 22.1 Å². The van der Waals surface area contributed by atoms with E-state index in [0.29, 0.717) is 34.1 Å². The maximum Gasteiger partial charge on any atom is 0.255 e. The Morgan fingerprint density at radius 2 is 1.87 bits per heavy atom. The standard InChI is InChI=1S/C21H29ClN4O2.2ClH/c1-5-6-13(2)28-20-10-19(23)18(22)9-17(20)21(27)24-14-7-15-11-25(3)12-16(8-14)26(15)4;;/h9-10,13-16H,7-8,11-12,23H2,1-4H3,(H,24,27);2*1H/t13-,14?,15?,16?;;/m0../s1. The number of nitrogens with two attached hydrogens (primary N) is 1. The Kier molecular flexibility index (Phi) is 10.1. The van der Waals surface area contributed by atoms with Crippen molar-refractivity contribution in [3.05, 3.63) is 22.7 Å². The Labute approximate surface area is 196 Å². The number of carbonyl (C=O) groups excluding carboxylic acids is 1. The maximum absolute atomic E-state index is 13.1. The van der Waals surface area contributed by atoms with Gasteiger partial charge in [0.15, 0.2) is 6.10 Å². The molecular weight excluding hydrogens is 447 g/mol. The van der Waals surface area contributed by atoms with E-state index in [0.717, 1.165) is 25.9 Å². The van der Waals surface area contributed by atoms with Crippen molar-refractivity contribution < 1.29 is 9.53 Å². The lowest BCUT2D eigenvalue weighted by atomic mass is 9.88. The molecule has 0 aromatic heterocycles. The van der Waals surface area contributed by atoms with E-state index in [1.54, 1.807) is 19.1 Å². The van der Waals surface area contributed by atoms with Gasteiger partial charge >= 0.3 is 0 Å². The van der Waals surface area contributed by atoms with Crippen LogP contribution in [0.4, 0.5) is 5.69 Å². The number of nitrogens with zero attached hydrogens (tertiary/aromatic N) is 2. The van der Waals surface area contributed by atoms with Gasteiger partial charge in [-0.2, -0.15) is 0 Å². The SMILES string of the molecule is CC#C[C@H](C)Oc1cc(N)c(Cl)cc1C(=O)NC1CC2CN(C)CC(C1)N2C.Cl.Cl. The van der Waals surface area contributed by atoms with Gasteiger partial charge in [0.25, 0.3) is 5.91 Å². The van der Waals surface area contributed by atoms with Crippen molar-refractivity contribution in [2.75, 3.05) is 32.9 Å². The molecule has 3 atom stereocenters. The van der Waals surface area contributed by atoms with Crippen molar-refractivity contribution in [2.45, 2.75) is 50.9 Å². The number of rotatable bonds is 4. The van der Waals surface area contributed by atoms with Crippen molar-refractivity contribution in [1.82, 2.24) is 15.1 Å². The highest BCUT2D eigenvalue weighted by Gasteiger charge is 2.38. The van der Waals surface area contributed by atoms with E-state index in [1.165, 1.54) is 0 Å². The van der Waals surface area contributed by atoms with Crippen molar-refractivity contribution in [1.29, 1.82) is 0 Å². The number of halogens is 3. The number of amides is 1. The average molecular weight is 478 g/mol. The predicted molar refractivity (Wildman–Crippen MR) is 127 cm³/mol. The summed E-state index contributed by atoms with van der Waals surface area (Å²) in [5.74, 6) is 5.96. The van der Waals surface area contributed by atoms with Crippen LogP contribution in [0.25, 0.3) is 0 Å². The lowest BCUT2D eigenvalue weighted by Crippen LogP contribution is -2.63. The quantitative estimate of drug-likeness (QED) is 0.515. The minimum absolute atomic E-state index is 0. The Hall–Kier alpha value is -1.36. The zero-order chi connectivity index (χ0) is 20.4. The zero-order valence-electron chi connectivity index (χ0n) is 17.8. The van der Waals surface area contributed by atoms with Gasteiger partial charge in [0.1, 0.15) is 5.75 Å². The number of nitrogen functional groups attached to an aromatic ring is 1. The predicted octanol–water partition coefficient (Wildman–Crippen LogP) is 3.06. The number of ether oxygens (including phenoxy) is 1. The minimum atomic E-state index is -0.352. The number of benzene rings is 1. The van der Waals surface area contributed by atoms with Crippen LogP contribution >= 0.6 is 36.4 Å². The summed E-state index contributed by atoms with van der Waals surface area (Å²) in [4.78, 5) is 17.9. The lowest BCUT2D eigenvalue weighted by Gasteiger charge is -2.50. The summed E-state index contributed by atoms with van der Waals surface area (Å²) in [6.45, 7) is 5.62. The van der Waals surface area contributed by atoms with Crippen LogP contribution in [0, 0.1) is 11.8 Å². The lowest BCUT2D eigenvalue weighted by molar-refractivity contribution is 0.00838. The molecule has 2 saturated heterocycles. The van der Waals surface area contributed by atoms with Crippen LogP contribution in [0.2, 0.25) is 5.02 Å². The normalized spacial score (nSPS) is 24.4. The van der Waals surface area contributed by atoms with Gasteiger partial charge in [-0.3, -0.25) is 9.69 Å². The van der Waals surface area contributed by atoms with Crippen molar-refractivity contribution >= 4 is 48.0 Å². The van der Waals surface area contributed by atoms with Gasteiger partial charge in [-0.05, 0) is 46.9 Å². The molecule has 1 aromatic rings. The second-order valence-electron chi connectivity index (χ2n) is 7.86. The molecule has 2 aliphatic rings. The molecule has 1 aromatic carbocycles. The van der Waals surface area contributed by atoms with E-state index >= 15 is 0 Å². The Balaban J connectivity index is 0.00000225. The first kappa shape index (κ1) is 26.7. The van der Waals surface area contributed by atoms with Gasteiger partial charge in [-0.25, -0.2) is 0 Å². The summed E-state index contributed by atoms with van der Waals surface area (Å²) < 4.78 is 5.85. The third kappa shape index (κ3) is 6.09. The third-order valence-corrected chi connectivity index (χ3v) is 5.97. The number of piperazine rings is 1. The van der Waals surface area contributed by atoms with Crippen LogP contribution < -0.4 is 15.8 Å². The molecule has 0 aliphatic carbocycles. The summed E-state index contributed by atoms with van der Waals surface area (Å²) in [7, 11) is 4.34. The average Bonchev–Trinajstić information content (AvgIpc) is 2.60. The Bertz CT molecular complexity index is 795. The van der Waals surface area contributed by atoms with Gasteiger partial charge in [0.05, 0.1) is 16.3 Å². The van der Waals surface area contributed by atoms with E-state index in [2.05, 4.69) is 41.1 Å². The van der Waals surface area contributed by atoms with Crippen molar-refractivity contribution in [2.24, 2.45) is 0 Å². The molecule has 9 heteroatoms. The van der Waals surface area contributed by atoms with Gasteiger partial charge < -0.3 is 20.7 Å². The number of hydrogen-bond donors (Lipinski definition) is 2. The highest BCUT2D eigenvalue weighted by molar-refractivity contribution is 6.33. The number of carbonyl (C=O) groups is 1. The number of piperidine rings is 1. The van der Waals surface area contributed by atoms with E-state index in [9.17, 15) is 4.79 Å². The Morgan fingerprint density at radius 3 is 2.43 bits per heavy atom. The third-order valence-electron chi connectivity index (χ3n) is 5.64. The largest absolute Gasteiger partial charge is 0.477 e. The first-order chi connectivity index (χ1) is 13.3. The van der Waals surface area contributed by atoms with Crippen molar-refractivity contribution in [3.63, 3.8) is 0 Å². The molecule has 3 rings (SSSR count). The molecule has 2 bridgehead atoms. The first-order valence-corrected chi connectivity index (χ1v) is 10.1. The highest BCUT2D eigenvalue weighted by Crippen LogP contribution is 2.31. The fourth-order valence-electron chi connectivity index (χ4n) is 4.23. The fraction of sp³-hybridized carbons (Fsp3) is 0.571. The monoisotopic (exact) mass is 476 g/mol. The Morgan fingerprint density at radius 1 is 1.27 bits per heavy atom. The molecular formula is C21H31Cl3N4O2. The van der Waals surface area contributed by atoms with Crippen LogP contribution in [0.15, 0.2) is 12.1 Å². The van der Waals surface area contributed by atoms with E-state index in [1.807, 2.05) is 6.92 Å². The number of anilines is 1. The number of fused-ring (bicyclic) bond motifs is 2. The molecule has 0 saturated carbocycles. The molecule has 2 aliphatic heterocycles. The molecule has 0 spiro atoms. The van der Waals surface area contributed by atoms with Gasteiger partial charge in [-0.1, -0.05) is 17.5 Å². The van der Waals surface area contributed by atoms with Crippen LogP contribution in [0.3, 0.4) is 0 Å². The van der Waals surface area contributed by atoms with E-state index in [-0.39, 0.29) is 42.9 Å². The smallest absolute Gasteiger partial charge is 0.255 e. The second-order valence-corrected chi connectivity index (χ2v) is 8.27. The number of likely N-dealkylation sites (tertiary alicyclic amines) is 1. The van der Waals surface area contributed by atoms with Gasteiger partial charge in [0.2, 0.25) is 0 Å². The summed E-state index contributed by atoms with van der Waals surface area (Å²) in [5.41, 5.74) is 6.69. The van der Waals surface area contributed by atoms with Crippen LogP contribution in [-0.4, -0.2) is 67.1 Å². The zero-order valence-corrected chi connectivity index (χ0v) is 20.2. The summed E-state index contributed by atoms with van der Waals surface area (Å²) >= 11 is 6.18. The topological polar surface area (TPSA) is 70.8 Å². The van der Waals surface area contributed by atoms with Gasteiger partial charge in [-0.15, -0.1) is 30.7 Å². The summed E-state index contributed by atoms with van der Waals surface area (Å²) in [6, 6.07) is 4.21. The van der Waals surface area contributed by atoms with Crippen LogP contribution in [-0.2, 0) is 0 Å². The molecule has 30 heavy (non-hydrogen) atoms. The summed E-state index contributed by atoms with van der Waals surface area (Å²) in [5, 5.41) is 3.53. The molecule has 168 valence electrons. The molecule has 1 amide bonds. The molecule has 6 nitrogen and oxygen atoms in total. The maximum atomic E-state index is 13.1. The summed E-state index contributed by atoms with van der Waals surface area (Å²) in [6.07, 6.45) is 1.51. The first-order valence-electron chi connectivity index (χ1n) is 9.67. The molecule has 0 radical (unpaired) electrons.